The molecule has 0 aliphatic rings. The number of aromatic nitrogens is 2. The van der Waals surface area contributed by atoms with Gasteiger partial charge >= 0.3 is 6.18 Å². The van der Waals surface area contributed by atoms with Crippen LogP contribution in [0.3, 0.4) is 0 Å². The number of hydrogen-bond acceptors (Lipinski definition) is 4. The lowest BCUT2D eigenvalue weighted by Gasteiger charge is -2.11. The summed E-state index contributed by atoms with van der Waals surface area (Å²) in [5.41, 5.74) is 0.664. The Morgan fingerprint density at radius 2 is 1.78 bits per heavy atom. The number of hydrogen-bond donors (Lipinski definition) is 1. The Morgan fingerprint density at radius 1 is 1.04 bits per heavy atom. The SMILES string of the molecule is Cc1ccc(Nc2nc(-c3ccco3)cc(C(F)(F)F)n2)cc1. The van der Waals surface area contributed by atoms with Crippen molar-refractivity contribution >= 4 is 11.6 Å². The van der Waals surface area contributed by atoms with Gasteiger partial charge in [-0.25, -0.2) is 9.97 Å². The zero-order valence-electron chi connectivity index (χ0n) is 12.1. The Kier molecular flexibility index (Phi) is 3.77. The molecule has 0 spiro atoms. The lowest BCUT2D eigenvalue weighted by Crippen LogP contribution is -2.11. The van der Waals surface area contributed by atoms with Crippen LogP contribution >= 0.6 is 0 Å². The number of rotatable bonds is 3. The first-order valence-corrected chi connectivity index (χ1v) is 6.76. The summed E-state index contributed by atoms with van der Waals surface area (Å²) in [6.45, 7) is 1.92. The van der Waals surface area contributed by atoms with Gasteiger partial charge in [-0.3, -0.25) is 0 Å². The van der Waals surface area contributed by atoms with Gasteiger partial charge in [0.05, 0.1) is 6.26 Å². The summed E-state index contributed by atoms with van der Waals surface area (Å²) in [6.07, 6.45) is -3.20. The van der Waals surface area contributed by atoms with Gasteiger partial charge in [0.1, 0.15) is 5.69 Å². The molecule has 118 valence electrons. The van der Waals surface area contributed by atoms with Crippen molar-refractivity contribution in [3.8, 4) is 11.5 Å². The molecular weight excluding hydrogens is 307 g/mol. The highest BCUT2D eigenvalue weighted by molar-refractivity contribution is 5.59. The molecular formula is C16H12F3N3O. The predicted molar refractivity (Wildman–Crippen MR) is 79.2 cm³/mol. The highest BCUT2D eigenvalue weighted by Gasteiger charge is 2.34. The molecule has 2 heterocycles. The fraction of sp³-hybridized carbons (Fsp3) is 0.125. The number of nitrogens with one attached hydrogen (secondary N) is 1. The van der Waals surface area contributed by atoms with Gasteiger partial charge in [-0.2, -0.15) is 13.2 Å². The van der Waals surface area contributed by atoms with E-state index < -0.39 is 11.9 Å². The van der Waals surface area contributed by atoms with Crippen LogP contribution < -0.4 is 5.32 Å². The van der Waals surface area contributed by atoms with Gasteiger partial charge in [0.25, 0.3) is 0 Å². The number of nitrogens with zero attached hydrogens (tertiary/aromatic N) is 2. The van der Waals surface area contributed by atoms with Crippen LogP contribution in [0.5, 0.6) is 0 Å². The van der Waals surface area contributed by atoms with E-state index in [4.69, 9.17) is 4.42 Å². The summed E-state index contributed by atoms with van der Waals surface area (Å²) < 4.78 is 44.2. The molecule has 0 saturated heterocycles. The summed E-state index contributed by atoms with van der Waals surface area (Å²) in [5.74, 6) is 0.0972. The first-order valence-electron chi connectivity index (χ1n) is 6.76. The van der Waals surface area contributed by atoms with Gasteiger partial charge in [0.2, 0.25) is 5.95 Å². The van der Waals surface area contributed by atoms with Crippen molar-refractivity contribution in [3.63, 3.8) is 0 Å². The van der Waals surface area contributed by atoms with Crippen LogP contribution in [-0.2, 0) is 6.18 Å². The second kappa shape index (κ2) is 5.75. The highest BCUT2D eigenvalue weighted by Crippen LogP contribution is 2.31. The standard InChI is InChI=1S/C16H12F3N3O/c1-10-4-6-11(7-5-10)20-15-21-12(13-3-2-8-23-13)9-14(22-15)16(17,18)19/h2-9H,1H3,(H,20,21,22). The van der Waals surface area contributed by atoms with Crippen molar-refractivity contribution in [1.82, 2.24) is 9.97 Å². The third kappa shape index (κ3) is 3.50. The molecule has 2 aromatic heterocycles. The monoisotopic (exact) mass is 319 g/mol. The van der Waals surface area contributed by atoms with Crippen LogP contribution in [0.25, 0.3) is 11.5 Å². The fourth-order valence-corrected chi connectivity index (χ4v) is 1.96. The lowest BCUT2D eigenvalue weighted by atomic mass is 10.2. The molecule has 0 amide bonds. The van der Waals surface area contributed by atoms with E-state index in [9.17, 15) is 13.2 Å². The van der Waals surface area contributed by atoms with Gasteiger partial charge in [-0.05, 0) is 37.3 Å². The number of benzene rings is 1. The molecule has 0 aliphatic heterocycles. The van der Waals surface area contributed by atoms with Crippen molar-refractivity contribution in [2.75, 3.05) is 5.32 Å². The molecule has 7 heteroatoms. The van der Waals surface area contributed by atoms with Crippen LogP contribution in [0.4, 0.5) is 24.8 Å². The molecule has 0 atom stereocenters. The van der Waals surface area contributed by atoms with E-state index in [-0.39, 0.29) is 17.4 Å². The molecule has 0 bridgehead atoms. The Morgan fingerprint density at radius 3 is 2.39 bits per heavy atom. The van der Waals surface area contributed by atoms with Crippen LogP contribution in [0, 0.1) is 6.92 Å². The summed E-state index contributed by atoms with van der Waals surface area (Å²) in [4.78, 5) is 7.63. The van der Waals surface area contributed by atoms with Gasteiger partial charge in [-0.1, -0.05) is 17.7 Å². The maximum absolute atomic E-state index is 13.0. The third-order valence-corrected chi connectivity index (χ3v) is 3.10. The van der Waals surface area contributed by atoms with Crippen LogP contribution in [0.2, 0.25) is 0 Å². The molecule has 0 unspecified atom stereocenters. The minimum atomic E-state index is -4.58. The smallest absolute Gasteiger partial charge is 0.433 e. The summed E-state index contributed by atoms with van der Waals surface area (Å²) in [6, 6.07) is 11.1. The highest BCUT2D eigenvalue weighted by atomic mass is 19.4. The van der Waals surface area contributed by atoms with Gasteiger partial charge in [0.15, 0.2) is 11.5 Å². The largest absolute Gasteiger partial charge is 0.463 e. The second-order valence-corrected chi connectivity index (χ2v) is 4.93. The van der Waals surface area contributed by atoms with E-state index in [2.05, 4.69) is 15.3 Å². The maximum Gasteiger partial charge on any atom is 0.433 e. The average Bonchev–Trinajstić information content (AvgIpc) is 3.03. The molecule has 0 radical (unpaired) electrons. The van der Waals surface area contributed by atoms with Crippen LogP contribution in [0.15, 0.2) is 53.1 Å². The molecule has 0 fully saturated rings. The summed E-state index contributed by atoms with van der Waals surface area (Å²) in [7, 11) is 0. The molecule has 1 N–H and O–H groups in total. The van der Waals surface area contributed by atoms with E-state index in [0.717, 1.165) is 11.6 Å². The first kappa shape index (κ1) is 15.1. The molecule has 4 nitrogen and oxygen atoms in total. The maximum atomic E-state index is 13.0. The molecule has 3 rings (SSSR count). The zero-order valence-corrected chi connectivity index (χ0v) is 12.1. The number of furan rings is 1. The van der Waals surface area contributed by atoms with E-state index in [1.165, 1.54) is 12.3 Å². The predicted octanol–water partition coefficient (Wildman–Crippen LogP) is 4.81. The summed E-state index contributed by atoms with van der Waals surface area (Å²) in [5, 5.41) is 2.78. The Labute approximate surface area is 130 Å². The number of halogens is 3. The van der Waals surface area contributed by atoms with Gasteiger partial charge in [-0.15, -0.1) is 0 Å². The Bertz CT molecular complexity index is 796. The Balaban J connectivity index is 2.01. The second-order valence-electron chi connectivity index (χ2n) is 4.93. The van der Waals surface area contributed by atoms with Crippen molar-refractivity contribution in [1.29, 1.82) is 0 Å². The van der Waals surface area contributed by atoms with Gasteiger partial charge in [0, 0.05) is 5.69 Å². The molecule has 3 aromatic rings. The quantitative estimate of drug-likeness (QED) is 0.753. The number of aryl methyl sites for hydroxylation is 1. The zero-order chi connectivity index (χ0) is 16.4. The number of anilines is 2. The van der Waals surface area contributed by atoms with Crippen LogP contribution in [-0.4, -0.2) is 9.97 Å². The van der Waals surface area contributed by atoms with Gasteiger partial charge < -0.3 is 9.73 Å². The molecule has 0 saturated carbocycles. The molecule has 23 heavy (non-hydrogen) atoms. The van der Waals surface area contributed by atoms with Crippen LogP contribution in [0.1, 0.15) is 11.3 Å². The average molecular weight is 319 g/mol. The van der Waals surface area contributed by atoms with E-state index in [1.807, 2.05) is 19.1 Å². The normalized spacial score (nSPS) is 11.5. The third-order valence-electron chi connectivity index (χ3n) is 3.10. The topological polar surface area (TPSA) is 51.0 Å². The minimum Gasteiger partial charge on any atom is -0.463 e. The number of alkyl halides is 3. The van der Waals surface area contributed by atoms with E-state index in [0.29, 0.717) is 5.69 Å². The minimum absolute atomic E-state index is 0.0620. The lowest BCUT2D eigenvalue weighted by molar-refractivity contribution is -0.141. The molecule has 0 aliphatic carbocycles. The Hall–Kier alpha value is -2.83. The van der Waals surface area contributed by atoms with Crippen molar-refractivity contribution in [2.45, 2.75) is 13.1 Å². The molecule has 1 aromatic carbocycles. The first-order chi connectivity index (χ1) is 10.9. The van der Waals surface area contributed by atoms with Crippen molar-refractivity contribution in [2.24, 2.45) is 0 Å². The fourth-order valence-electron chi connectivity index (χ4n) is 1.96. The van der Waals surface area contributed by atoms with E-state index in [1.54, 1.807) is 18.2 Å². The summed E-state index contributed by atoms with van der Waals surface area (Å²) >= 11 is 0. The van der Waals surface area contributed by atoms with Crippen molar-refractivity contribution < 1.29 is 17.6 Å². The van der Waals surface area contributed by atoms with E-state index >= 15 is 0 Å². The van der Waals surface area contributed by atoms with Crippen molar-refractivity contribution in [3.05, 3.63) is 60.0 Å².